The van der Waals surface area contributed by atoms with Crippen LogP contribution >= 0.6 is 0 Å². The Morgan fingerprint density at radius 2 is 0.667 bits per heavy atom. The van der Waals surface area contributed by atoms with E-state index in [1.165, 1.54) is 139 Å². The van der Waals surface area contributed by atoms with Crippen LogP contribution in [0, 0.1) is 17.8 Å². The molecular formula is C71H55N. The Morgan fingerprint density at radius 1 is 0.278 bits per heavy atom. The van der Waals surface area contributed by atoms with Crippen molar-refractivity contribution in [2.24, 2.45) is 17.8 Å². The molecule has 0 amide bonds. The lowest BCUT2D eigenvalue weighted by Crippen LogP contribution is -2.48. The fraction of sp³-hybridized carbons (Fsp3) is 0.155. The smallest absolute Gasteiger partial charge is 0.0726 e. The quantitative estimate of drug-likeness (QED) is 0.147. The van der Waals surface area contributed by atoms with Crippen molar-refractivity contribution in [1.29, 1.82) is 0 Å². The molecule has 344 valence electrons. The lowest BCUT2D eigenvalue weighted by Gasteiger charge is -2.57. The van der Waals surface area contributed by atoms with Gasteiger partial charge in [-0.3, -0.25) is 0 Å². The molecular weight excluding hydrogens is 867 g/mol. The van der Waals surface area contributed by atoms with E-state index in [1.54, 1.807) is 5.56 Å². The van der Waals surface area contributed by atoms with Crippen molar-refractivity contribution in [1.82, 2.24) is 0 Å². The van der Waals surface area contributed by atoms with E-state index in [-0.39, 0.29) is 0 Å². The van der Waals surface area contributed by atoms with Gasteiger partial charge in [0.15, 0.2) is 0 Å². The average Bonchev–Trinajstić information content (AvgIpc) is 3.90. The van der Waals surface area contributed by atoms with Gasteiger partial charge in [0.25, 0.3) is 0 Å². The predicted molar refractivity (Wildman–Crippen MR) is 299 cm³/mol. The zero-order chi connectivity index (χ0) is 47.4. The summed E-state index contributed by atoms with van der Waals surface area (Å²) < 4.78 is 0. The summed E-state index contributed by atoms with van der Waals surface area (Å²) in [6.45, 7) is 0. The number of hydrogen-bond donors (Lipinski definition) is 0. The van der Waals surface area contributed by atoms with Crippen LogP contribution in [-0.4, -0.2) is 0 Å². The third-order valence-corrected chi connectivity index (χ3v) is 17.9. The highest BCUT2D eigenvalue weighted by atomic mass is 15.1. The maximum absolute atomic E-state index is 2.55. The first-order valence-electron chi connectivity index (χ1n) is 26.4. The molecule has 0 N–H and O–H groups in total. The van der Waals surface area contributed by atoms with E-state index in [0.717, 1.165) is 23.4 Å². The highest BCUT2D eigenvalue weighted by molar-refractivity contribution is 5.98. The lowest BCUT2D eigenvalue weighted by molar-refractivity contribution is -0.00518. The van der Waals surface area contributed by atoms with Crippen LogP contribution in [0.1, 0.15) is 66.3 Å². The summed E-state index contributed by atoms with van der Waals surface area (Å²) in [4.78, 5) is 2.53. The molecule has 0 aromatic heterocycles. The summed E-state index contributed by atoms with van der Waals surface area (Å²) in [5.74, 6) is 2.71. The van der Waals surface area contributed by atoms with Crippen LogP contribution in [0.3, 0.4) is 0 Å². The van der Waals surface area contributed by atoms with Gasteiger partial charge >= 0.3 is 0 Å². The maximum atomic E-state index is 2.55. The molecule has 1 heteroatoms. The van der Waals surface area contributed by atoms with E-state index in [0.29, 0.717) is 5.41 Å². The Hall–Kier alpha value is -8.00. The molecule has 4 saturated carbocycles. The molecule has 10 aromatic rings. The van der Waals surface area contributed by atoms with Crippen LogP contribution in [-0.2, 0) is 10.8 Å². The van der Waals surface area contributed by atoms with E-state index < -0.39 is 5.41 Å². The van der Waals surface area contributed by atoms with E-state index in [9.17, 15) is 0 Å². The molecule has 6 aliphatic carbocycles. The van der Waals surface area contributed by atoms with E-state index in [1.807, 2.05) is 0 Å². The van der Waals surface area contributed by atoms with Crippen molar-refractivity contribution in [2.75, 3.05) is 4.90 Å². The minimum atomic E-state index is -0.490. The summed E-state index contributed by atoms with van der Waals surface area (Å²) in [6, 6.07) is 91.7. The van der Waals surface area contributed by atoms with E-state index in [2.05, 4.69) is 248 Å². The van der Waals surface area contributed by atoms with Crippen molar-refractivity contribution in [3.8, 4) is 66.8 Å². The summed E-state index contributed by atoms with van der Waals surface area (Å²) in [6.07, 6.45) is 8.46. The van der Waals surface area contributed by atoms with Gasteiger partial charge < -0.3 is 4.90 Å². The van der Waals surface area contributed by atoms with E-state index in [4.69, 9.17) is 0 Å². The number of fused-ring (bicyclic) bond motifs is 10. The molecule has 6 aliphatic rings. The molecule has 10 aromatic carbocycles. The first-order valence-corrected chi connectivity index (χ1v) is 26.4. The van der Waals surface area contributed by atoms with Crippen molar-refractivity contribution < 1.29 is 0 Å². The minimum Gasteiger partial charge on any atom is -0.310 e. The molecule has 1 nitrogen and oxygen atoms in total. The molecule has 0 aliphatic heterocycles. The van der Waals surface area contributed by atoms with Gasteiger partial charge in [-0.1, -0.05) is 200 Å². The molecule has 4 bridgehead atoms. The molecule has 16 rings (SSSR count). The van der Waals surface area contributed by atoms with Gasteiger partial charge in [-0.15, -0.1) is 0 Å². The van der Waals surface area contributed by atoms with Crippen LogP contribution in [0.15, 0.2) is 243 Å². The van der Waals surface area contributed by atoms with Gasteiger partial charge in [0.1, 0.15) is 0 Å². The molecule has 0 heterocycles. The van der Waals surface area contributed by atoms with Crippen molar-refractivity contribution in [3.05, 3.63) is 270 Å². The molecule has 4 fully saturated rings. The third-order valence-electron chi connectivity index (χ3n) is 17.9. The zero-order valence-corrected chi connectivity index (χ0v) is 40.5. The summed E-state index contributed by atoms with van der Waals surface area (Å²) in [5.41, 5.74) is 25.4. The standard InChI is InChI=1S/C71H55N/c1-3-15-50(16-4-1)53-29-37-64-62-23-11-13-25-66(62)71(68(64)42-53)67-26-14-12-24-63(67)65-38-36-57(43-69(65)71)72(56-34-30-54(31-35-56)70-44-47-39-48(45-70)41-49(40-47)46-70)55-32-27-52(28-33-55)59-20-8-10-22-61(59)60-21-9-7-19-58(60)51-17-5-2-6-18-51/h1-38,42-43,47-49H,39-41,44-46H2. The maximum Gasteiger partial charge on any atom is 0.0726 e. The van der Waals surface area contributed by atoms with Crippen LogP contribution in [0.5, 0.6) is 0 Å². The molecule has 1 spiro atoms. The molecule has 1 atom stereocenters. The Balaban J connectivity index is 0.897. The summed E-state index contributed by atoms with van der Waals surface area (Å²) >= 11 is 0. The van der Waals surface area contributed by atoms with Crippen LogP contribution in [0.2, 0.25) is 0 Å². The number of rotatable bonds is 8. The van der Waals surface area contributed by atoms with Gasteiger partial charge in [-0.25, -0.2) is 0 Å². The topological polar surface area (TPSA) is 3.24 Å². The molecule has 0 radical (unpaired) electrons. The number of nitrogens with zero attached hydrogens (tertiary/aromatic N) is 1. The van der Waals surface area contributed by atoms with Gasteiger partial charge in [0, 0.05) is 17.1 Å². The SMILES string of the molecule is c1ccc(-c2ccc3c(c2)C2(c4ccccc4-3)c3ccccc3-c3ccc(N(c4ccc(-c5ccccc5-c5ccccc5-c5ccccc5)cc4)c4ccc(C56CC7CC(CC(C7)C5)C6)cc4)cc32)cc1. The Labute approximate surface area is 424 Å². The molecule has 0 saturated heterocycles. The number of benzene rings is 10. The normalized spacial score (nSPS) is 21.5. The molecule has 1 unspecified atom stereocenters. The predicted octanol–water partition coefficient (Wildman–Crippen LogP) is 18.6. The van der Waals surface area contributed by atoms with Crippen molar-refractivity contribution in [2.45, 2.75) is 49.4 Å². The largest absolute Gasteiger partial charge is 0.310 e. The summed E-state index contributed by atoms with van der Waals surface area (Å²) in [7, 11) is 0. The fourth-order valence-electron chi connectivity index (χ4n) is 15.3. The fourth-order valence-corrected chi connectivity index (χ4v) is 15.3. The van der Waals surface area contributed by atoms with Crippen molar-refractivity contribution >= 4 is 17.1 Å². The highest BCUT2D eigenvalue weighted by Gasteiger charge is 2.53. The van der Waals surface area contributed by atoms with Gasteiger partial charge in [0.05, 0.1) is 5.41 Å². The zero-order valence-electron chi connectivity index (χ0n) is 40.5. The molecule has 72 heavy (non-hydrogen) atoms. The first kappa shape index (κ1) is 41.8. The van der Waals surface area contributed by atoms with Crippen molar-refractivity contribution in [3.63, 3.8) is 0 Å². The second kappa shape index (κ2) is 16.3. The third kappa shape index (κ3) is 6.32. The number of anilines is 3. The van der Waals surface area contributed by atoms with Gasteiger partial charge in [-0.05, 0) is 199 Å². The number of hydrogen-bond acceptors (Lipinski definition) is 1. The van der Waals surface area contributed by atoms with E-state index >= 15 is 0 Å². The highest BCUT2D eigenvalue weighted by Crippen LogP contribution is 2.64. The van der Waals surface area contributed by atoms with Crippen LogP contribution < -0.4 is 4.90 Å². The Morgan fingerprint density at radius 3 is 1.22 bits per heavy atom. The summed E-state index contributed by atoms with van der Waals surface area (Å²) in [5, 5.41) is 0. The first-order chi connectivity index (χ1) is 35.6. The van der Waals surface area contributed by atoms with Crippen LogP contribution in [0.4, 0.5) is 17.1 Å². The van der Waals surface area contributed by atoms with Gasteiger partial charge in [-0.2, -0.15) is 0 Å². The van der Waals surface area contributed by atoms with Gasteiger partial charge in [0.2, 0.25) is 0 Å². The van der Waals surface area contributed by atoms with Crippen LogP contribution in [0.25, 0.3) is 66.8 Å². The minimum absolute atomic E-state index is 0.333. The monoisotopic (exact) mass is 921 g/mol. The second-order valence-corrected chi connectivity index (χ2v) is 21.8. The Kier molecular flexibility index (Phi) is 9.44. The lowest BCUT2D eigenvalue weighted by atomic mass is 9.48. The Bertz CT molecular complexity index is 3670. The second-order valence-electron chi connectivity index (χ2n) is 21.8. The average molecular weight is 922 g/mol.